The second kappa shape index (κ2) is 9.12. The molecule has 150 valence electrons. The highest BCUT2D eigenvalue weighted by atomic mass is 16.6. The highest BCUT2D eigenvalue weighted by Crippen LogP contribution is 2.31. The zero-order valence-electron chi connectivity index (χ0n) is 15.8. The van der Waals surface area contributed by atoms with Gasteiger partial charge in [-0.05, 0) is 32.8 Å². The quantitative estimate of drug-likeness (QED) is 0.183. The summed E-state index contributed by atoms with van der Waals surface area (Å²) in [7, 11) is 0. The maximum Gasteiger partial charge on any atom is 0.309 e. The molecule has 2 rings (SSSR count). The molecule has 0 saturated carbocycles. The molecule has 0 unspecified atom stereocenters. The number of para-hydroxylation sites is 2. The van der Waals surface area contributed by atoms with Gasteiger partial charge in [0, 0.05) is 24.9 Å². The first-order valence-electron chi connectivity index (χ1n) is 8.86. The van der Waals surface area contributed by atoms with Crippen LogP contribution in [0.2, 0.25) is 0 Å². The van der Waals surface area contributed by atoms with Crippen molar-refractivity contribution in [3.63, 3.8) is 0 Å². The molecule has 0 amide bonds. The van der Waals surface area contributed by atoms with Crippen LogP contribution in [0.1, 0.15) is 26.7 Å². The van der Waals surface area contributed by atoms with Gasteiger partial charge in [0.25, 0.3) is 5.69 Å². The number of nitro groups is 1. The molecule has 1 aliphatic heterocycles. The Kier molecular flexibility index (Phi) is 6.86. The summed E-state index contributed by atoms with van der Waals surface area (Å²) >= 11 is 0. The van der Waals surface area contributed by atoms with Crippen LogP contribution in [-0.4, -0.2) is 47.2 Å². The van der Waals surface area contributed by atoms with Crippen molar-refractivity contribution in [1.29, 1.82) is 5.41 Å². The van der Waals surface area contributed by atoms with Gasteiger partial charge in [-0.3, -0.25) is 19.7 Å². The molecule has 1 saturated heterocycles. The number of esters is 1. The number of benzene rings is 1. The SMILES string of the molecule is CC(=N)/C(C(C)=O)=C(/O)COC(=O)C1CCN(c2ccccc2[N+](=O)[O-])CC1. The number of piperidine rings is 1. The van der Waals surface area contributed by atoms with E-state index in [2.05, 4.69) is 0 Å². The van der Waals surface area contributed by atoms with Crippen molar-refractivity contribution in [2.75, 3.05) is 24.6 Å². The van der Waals surface area contributed by atoms with Crippen molar-refractivity contribution in [3.8, 4) is 0 Å². The standard InChI is InChI=1S/C19H23N3O6/c1-12(20)18(13(2)23)17(24)11-28-19(25)14-7-9-21(10-8-14)15-5-3-4-6-16(15)22(26)27/h3-6,14,20,24H,7-11H2,1-2H3/b18-17-,20-12?. The number of ketones is 1. The van der Waals surface area contributed by atoms with E-state index >= 15 is 0 Å². The summed E-state index contributed by atoms with van der Waals surface area (Å²) in [6, 6.07) is 6.47. The van der Waals surface area contributed by atoms with Gasteiger partial charge in [-0.25, -0.2) is 0 Å². The van der Waals surface area contributed by atoms with Gasteiger partial charge in [-0.1, -0.05) is 12.1 Å². The van der Waals surface area contributed by atoms with Crippen LogP contribution < -0.4 is 4.90 Å². The first-order valence-corrected chi connectivity index (χ1v) is 8.86. The van der Waals surface area contributed by atoms with Crippen LogP contribution in [0.15, 0.2) is 35.6 Å². The van der Waals surface area contributed by atoms with E-state index in [1.165, 1.54) is 19.9 Å². The van der Waals surface area contributed by atoms with Crippen molar-refractivity contribution in [2.24, 2.45) is 5.92 Å². The molecule has 0 bridgehead atoms. The Balaban J connectivity index is 1.96. The summed E-state index contributed by atoms with van der Waals surface area (Å²) in [6.45, 7) is 3.06. The lowest BCUT2D eigenvalue weighted by Gasteiger charge is -2.32. The first kappa shape index (κ1) is 21.1. The van der Waals surface area contributed by atoms with E-state index in [0.717, 1.165) is 0 Å². The Morgan fingerprint density at radius 2 is 1.89 bits per heavy atom. The number of nitrogens with zero attached hydrogens (tertiary/aromatic N) is 2. The molecule has 0 aromatic heterocycles. The van der Waals surface area contributed by atoms with Gasteiger partial charge in [0.1, 0.15) is 18.1 Å². The third-order valence-electron chi connectivity index (χ3n) is 4.61. The number of allylic oxidation sites excluding steroid dienone is 1. The van der Waals surface area contributed by atoms with Gasteiger partial charge in [-0.2, -0.15) is 0 Å². The molecule has 0 spiro atoms. The van der Waals surface area contributed by atoms with Gasteiger partial charge < -0.3 is 20.2 Å². The van der Waals surface area contributed by atoms with E-state index in [0.29, 0.717) is 31.6 Å². The molecule has 0 atom stereocenters. The number of aliphatic hydroxyl groups excluding tert-OH is 1. The monoisotopic (exact) mass is 389 g/mol. The third-order valence-corrected chi connectivity index (χ3v) is 4.61. The summed E-state index contributed by atoms with van der Waals surface area (Å²) in [5.41, 5.74) is 0.294. The first-order chi connectivity index (χ1) is 13.2. The molecule has 1 aliphatic rings. The molecule has 0 aliphatic carbocycles. The molecule has 1 aromatic rings. The molecule has 9 heteroatoms. The summed E-state index contributed by atoms with van der Waals surface area (Å²) in [5.74, 6) is -1.81. The second-order valence-corrected chi connectivity index (χ2v) is 6.62. The van der Waals surface area contributed by atoms with Crippen molar-refractivity contribution < 1.29 is 24.4 Å². The Bertz CT molecular complexity index is 809. The number of hydrogen-bond acceptors (Lipinski definition) is 8. The largest absolute Gasteiger partial charge is 0.508 e. The van der Waals surface area contributed by atoms with Gasteiger partial charge in [0.2, 0.25) is 0 Å². The van der Waals surface area contributed by atoms with E-state index in [1.807, 2.05) is 4.90 Å². The average molecular weight is 389 g/mol. The number of carbonyl (C=O) groups excluding carboxylic acids is 2. The van der Waals surface area contributed by atoms with Gasteiger partial charge in [0.05, 0.1) is 16.4 Å². The fraction of sp³-hybridized carbons (Fsp3) is 0.421. The van der Waals surface area contributed by atoms with Crippen molar-refractivity contribution >= 4 is 28.8 Å². The van der Waals surface area contributed by atoms with Crippen LogP contribution in [0.25, 0.3) is 0 Å². The summed E-state index contributed by atoms with van der Waals surface area (Å²) < 4.78 is 5.11. The van der Waals surface area contributed by atoms with E-state index in [1.54, 1.807) is 18.2 Å². The number of ether oxygens (including phenoxy) is 1. The molecule has 1 fully saturated rings. The zero-order valence-corrected chi connectivity index (χ0v) is 15.8. The molecule has 2 N–H and O–H groups in total. The maximum absolute atomic E-state index is 12.3. The molecular formula is C19H23N3O6. The predicted molar refractivity (Wildman–Crippen MR) is 103 cm³/mol. The van der Waals surface area contributed by atoms with E-state index < -0.39 is 35.0 Å². The molecule has 9 nitrogen and oxygen atoms in total. The Morgan fingerprint density at radius 3 is 2.43 bits per heavy atom. The smallest absolute Gasteiger partial charge is 0.309 e. The molecule has 0 radical (unpaired) electrons. The topological polar surface area (TPSA) is 134 Å². The Hall–Kier alpha value is -3.23. The second-order valence-electron chi connectivity index (χ2n) is 6.62. The maximum atomic E-state index is 12.3. The summed E-state index contributed by atoms with van der Waals surface area (Å²) in [5, 5.41) is 28.6. The minimum atomic E-state index is -0.501. The number of nitro benzene ring substituents is 1. The lowest BCUT2D eigenvalue weighted by molar-refractivity contribution is -0.384. The summed E-state index contributed by atoms with van der Waals surface area (Å²) in [6.07, 6.45) is 0.914. The normalized spacial score (nSPS) is 15.6. The number of Topliss-reactive ketones (excluding diaryl/α,β-unsaturated/α-hetero) is 1. The number of rotatable bonds is 7. The van der Waals surface area contributed by atoms with Gasteiger partial charge >= 0.3 is 5.97 Å². The molecule has 1 aromatic carbocycles. The molecule has 1 heterocycles. The van der Waals surface area contributed by atoms with Crippen molar-refractivity contribution in [1.82, 2.24) is 0 Å². The fourth-order valence-electron chi connectivity index (χ4n) is 3.26. The number of carbonyl (C=O) groups is 2. The van der Waals surface area contributed by atoms with Crippen LogP contribution >= 0.6 is 0 Å². The van der Waals surface area contributed by atoms with E-state index in [4.69, 9.17) is 10.1 Å². The van der Waals surface area contributed by atoms with E-state index in [9.17, 15) is 24.8 Å². The van der Waals surface area contributed by atoms with Crippen LogP contribution in [0, 0.1) is 21.4 Å². The summed E-state index contributed by atoms with van der Waals surface area (Å²) in [4.78, 5) is 36.3. The van der Waals surface area contributed by atoms with Crippen LogP contribution in [-0.2, 0) is 14.3 Å². The average Bonchev–Trinajstić information content (AvgIpc) is 2.65. The van der Waals surface area contributed by atoms with Crippen LogP contribution in [0.5, 0.6) is 0 Å². The Labute approximate surface area is 162 Å². The molecular weight excluding hydrogens is 366 g/mol. The number of anilines is 1. The van der Waals surface area contributed by atoms with Crippen molar-refractivity contribution in [3.05, 3.63) is 45.7 Å². The predicted octanol–water partition coefficient (Wildman–Crippen LogP) is 2.80. The van der Waals surface area contributed by atoms with Gasteiger partial charge in [-0.15, -0.1) is 0 Å². The Morgan fingerprint density at radius 1 is 1.29 bits per heavy atom. The van der Waals surface area contributed by atoms with Crippen LogP contribution in [0.3, 0.4) is 0 Å². The lowest BCUT2D eigenvalue weighted by Crippen LogP contribution is -2.37. The van der Waals surface area contributed by atoms with Crippen molar-refractivity contribution in [2.45, 2.75) is 26.7 Å². The highest BCUT2D eigenvalue weighted by molar-refractivity contribution is 6.19. The third kappa shape index (κ3) is 4.93. The number of aliphatic hydroxyl groups is 1. The lowest BCUT2D eigenvalue weighted by atomic mass is 9.96. The van der Waals surface area contributed by atoms with Crippen LogP contribution in [0.4, 0.5) is 11.4 Å². The molecule has 28 heavy (non-hydrogen) atoms. The minimum Gasteiger partial charge on any atom is -0.508 e. The van der Waals surface area contributed by atoms with Gasteiger partial charge in [0.15, 0.2) is 5.78 Å². The number of hydrogen-bond donors (Lipinski definition) is 2. The number of nitrogens with one attached hydrogen (secondary N) is 1. The minimum absolute atomic E-state index is 0.0253. The zero-order chi connectivity index (χ0) is 20.8. The fourth-order valence-corrected chi connectivity index (χ4v) is 3.26. The van der Waals surface area contributed by atoms with E-state index in [-0.39, 0.29) is 17.0 Å². The highest BCUT2D eigenvalue weighted by Gasteiger charge is 2.29.